The molecule has 1 aromatic rings. The van der Waals surface area contributed by atoms with Gasteiger partial charge in [0.1, 0.15) is 0 Å². The number of nitrogens with one attached hydrogen (secondary N) is 1. The van der Waals surface area contributed by atoms with Gasteiger partial charge in [-0.15, -0.1) is 0 Å². The molecule has 0 aromatic heterocycles. The lowest BCUT2D eigenvalue weighted by molar-refractivity contribution is 0.185. The standard InChI is InChI=1S/C11H14BrNO/c1-9(12)7-13-11-5-3-4-10(6-11)8-14-2/h3-6,13H,1,7-8H2,2H3. The summed E-state index contributed by atoms with van der Waals surface area (Å²) in [7, 11) is 1.69. The Morgan fingerprint density at radius 1 is 1.57 bits per heavy atom. The molecule has 0 saturated carbocycles. The Balaban J connectivity index is 2.58. The van der Waals surface area contributed by atoms with Crippen LogP contribution in [0.4, 0.5) is 5.69 Å². The van der Waals surface area contributed by atoms with Crippen molar-refractivity contribution in [2.75, 3.05) is 19.0 Å². The maximum absolute atomic E-state index is 5.05. The van der Waals surface area contributed by atoms with Gasteiger partial charge >= 0.3 is 0 Å². The zero-order valence-corrected chi connectivity index (χ0v) is 9.80. The molecular weight excluding hydrogens is 242 g/mol. The zero-order chi connectivity index (χ0) is 10.4. The predicted octanol–water partition coefficient (Wildman–Crippen LogP) is 3.15. The topological polar surface area (TPSA) is 21.3 Å². The van der Waals surface area contributed by atoms with Gasteiger partial charge in [-0.25, -0.2) is 0 Å². The van der Waals surface area contributed by atoms with E-state index in [0.29, 0.717) is 6.61 Å². The predicted molar refractivity (Wildman–Crippen MR) is 63.7 cm³/mol. The summed E-state index contributed by atoms with van der Waals surface area (Å²) < 4.78 is 5.99. The van der Waals surface area contributed by atoms with Gasteiger partial charge in [0.2, 0.25) is 0 Å². The summed E-state index contributed by atoms with van der Waals surface area (Å²) in [5.41, 5.74) is 2.25. The van der Waals surface area contributed by atoms with Crippen LogP contribution in [0, 0.1) is 0 Å². The van der Waals surface area contributed by atoms with Gasteiger partial charge in [-0.2, -0.15) is 0 Å². The van der Waals surface area contributed by atoms with E-state index in [-0.39, 0.29) is 0 Å². The smallest absolute Gasteiger partial charge is 0.0713 e. The molecule has 1 N–H and O–H groups in total. The lowest BCUT2D eigenvalue weighted by Crippen LogP contribution is -2.01. The van der Waals surface area contributed by atoms with Crippen LogP contribution in [-0.2, 0) is 11.3 Å². The van der Waals surface area contributed by atoms with Gasteiger partial charge in [-0.1, -0.05) is 34.6 Å². The minimum atomic E-state index is 0.644. The van der Waals surface area contributed by atoms with Gasteiger partial charge in [0.25, 0.3) is 0 Å². The minimum absolute atomic E-state index is 0.644. The van der Waals surface area contributed by atoms with Crippen LogP contribution in [0.3, 0.4) is 0 Å². The van der Waals surface area contributed by atoms with Crippen LogP contribution in [0.1, 0.15) is 5.56 Å². The first-order chi connectivity index (χ1) is 6.72. The average molecular weight is 256 g/mol. The number of ether oxygens (including phenoxy) is 1. The highest BCUT2D eigenvalue weighted by molar-refractivity contribution is 9.11. The lowest BCUT2D eigenvalue weighted by atomic mass is 10.2. The fraction of sp³-hybridized carbons (Fsp3) is 0.273. The van der Waals surface area contributed by atoms with Crippen LogP contribution >= 0.6 is 15.9 Å². The fourth-order valence-electron chi connectivity index (χ4n) is 1.14. The molecule has 0 spiro atoms. The molecule has 0 unspecified atom stereocenters. The van der Waals surface area contributed by atoms with Crippen LogP contribution in [0.5, 0.6) is 0 Å². The van der Waals surface area contributed by atoms with Crippen molar-refractivity contribution in [2.24, 2.45) is 0 Å². The van der Waals surface area contributed by atoms with Crippen LogP contribution in [-0.4, -0.2) is 13.7 Å². The number of anilines is 1. The zero-order valence-electron chi connectivity index (χ0n) is 8.22. The van der Waals surface area contributed by atoms with Crippen LogP contribution < -0.4 is 5.32 Å². The molecule has 0 fully saturated rings. The molecule has 0 heterocycles. The molecule has 0 aliphatic rings. The number of methoxy groups -OCH3 is 1. The Hall–Kier alpha value is -0.800. The highest BCUT2D eigenvalue weighted by Gasteiger charge is 1.95. The highest BCUT2D eigenvalue weighted by atomic mass is 79.9. The molecule has 1 aromatic carbocycles. The Bertz CT molecular complexity index is 312. The summed E-state index contributed by atoms with van der Waals surface area (Å²) in [6.45, 7) is 5.13. The second-order valence-corrected chi connectivity index (χ2v) is 4.13. The van der Waals surface area contributed by atoms with E-state index in [9.17, 15) is 0 Å². The third-order valence-corrected chi connectivity index (χ3v) is 2.00. The van der Waals surface area contributed by atoms with Crippen molar-refractivity contribution < 1.29 is 4.74 Å². The average Bonchev–Trinajstić information content (AvgIpc) is 2.16. The van der Waals surface area contributed by atoms with Gasteiger partial charge < -0.3 is 10.1 Å². The quantitative estimate of drug-likeness (QED) is 0.873. The first kappa shape index (κ1) is 11.3. The molecular formula is C11H14BrNO. The van der Waals surface area contributed by atoms with E-state index in [0.717, 1.165) is 22.3 Å². The Kier molecular flexibility index (Phi) is 4.70. The van der Waals surface area contributed by atoms with E-state index in [1.807, 2.05) is 18.2 Å². The second-order valence-electron chi connectivity index (χ2n) is 3.00. The largest absolute Gasteiger partial charge is 0.380 e. The lowest BCUT2D eigenvalue weighted by Gasteiger charge is -2.06. The van der Waals surface area contributed by atoms with E-state index in [4.69, 9.17) is 4.74 Å². The molecule has 2 nitrogen and oxygen atoms in total. The Labute approximate surface area is 93.1 Å². The van der Waals surface area contributed by atoms with Crippen molar-refractivity contribution in [2.45, 2.75) is 6.61 Å². The fourth-order valence-corrected chi connectivity index (χ4v) is 1.28. The van der Waals surface area contributed by atoms with Crippen molar-refractivity contribution >= 4 is 21.6 Å². The van der Waals surface area contributed by atoms with Crippen molar-refractivity contribution in [1.82, 2.24) is 0 Å². The van der Waals surface area contributed by atoms with Gasteiger partial charge in [0, 0.05) is 23.8 Å². The number of hydrogen-bond acceptors (Lipinski definition) is 2. The first-order valence-corrected chi connectivity index (χ1v) is 5.16. The third-order valence-electron chi connectivity index (χ3n) is 1.72. The van der Waals surface area contributed by atoms with Gasteiger partial charge in [0.05, 0.1) is 6.61 Å². The first-order valence-electron chi connectivity index (χ1n) is 4.37. The molecule has 3 heteroatoms. The van der Waals surface area contributed by atoms with Crippen molar-refractivity contribution in [3.8, 4) is 0 Å². The number of halogens is 1. The summed E-state index contributed by atoms with van der Waals surface area (Å²) in [5, 5.41) is 3.24. The van der Waals surface area contributed by atoms with E-state index < -0.39 is 0 Å². The maximum atomic E-state index is 5.05. The normalized spacial score (nSPS) is 9.86. The molecule has 0 amide bonds. The summed E-state index contributed by atoms with van der Waals surface area (Å²) in [6.07, 6.45) is 0. The van der Waals surface area contributed by atoms with Crippen LogP contribution in [0.25, 0.3) is 0 Å². The summed E-state index contributed by atoms with van der Waals surface area (Å²) in [5.74, 6) is 0. The van der Waals surface area contributed by atoms with Crippen molar-refractivity contribution in [3.05, 3.63) is 40.9 Å². The van der Waals surface area contributed by atoms with Crippen LogP contribution in [0.2, 0.25) is 0 Å². The monoisotopic (exact) mass is 255 g/mol. The summed E-state index contributed by atoms with van der Waals surface area (Å²) in [4.78, 5) is 0. The molecule has 76 valence electrons. The Morgan fingerprint density at radius 2 is 2.36 bits per heavy atom. The number of benzene rings is 1. The van der Waals surface area contributed by atoms with E-state index >= 15 is 0 Å². The van der Waals surface area contributed by atoms with Crippen LogP contribution in [0.15, 0.2) is 35.3 Å². The highest BCUT2D eigenvalue weighted by Crippen LogP contribution is 2.12. The van der Waals surface area contributed by atoms with Gasteiger partial charge in [-0.05, 0) is 17.7 Å². The second kappa shape index (κ2) is 5.83. The molecule has 1 rings (SSSR count). The van der Waals surface area contributed by atoms with Crippen molar-refractivity contribution in [3.63, 3.8) is 0 Å². The van der Waals surface area contributed by atoms with Gasteiger partial charge in [-0.3, -0.25) is 0 Å². The van der Waals surface area contributed by atoms with E-state index in [1.54, 1.807) is 7.11 Å². The Morgan fingerprint density at radius 3 is 3.00 bits per heavy atom. The maximum Gasteiger partial charge on any atom is 0.0713 e. The summed E-state index contributed by atoms with van der Waals surface area (Å²) >= 11 is 3.30. The molecule has 0 atom stereocenters. The molecule has 0 radical (unpaired) electrons. The van der Waals surface area contributed by atoms with Crippen molar-refractivity contribution in [1.29, 1.82) is 0 Å². The molecule has 0 aliphatic carbocycles. The SMILES string of the molecule is C=C(Br)CNc1cccc(COC)c1. The molecule has 0 bridgehead atoms. The summed E-state index contributed by atoms with van der Waals surface area (Å²) in [6, 6.07) is 8.14. The van der Waals surface area contributed by atoms with E-state index in [2.05, 4.69) is 33.9 Å². The van der Waals surface area contributed by atoms with E-state index in [1.165, 1.54) is 0 Å². The number of hydrogen-bond donors (Lipinski definition) is 1. The number of rotatable bonds is 5. The van der Waals surface area contributed by atoms with Gasteiger partial charge in [0.15, 0.2) is 0 Å². The minimum Gasteiger partial charge on any atom is -0.380 e. The molecule has 0 aliphatic heterocycles. The molecule has 0 saturated heterocycles. The third kappa shape index (κ3) is 3.94. The molecule has 14 heavy (non-hydrogen) atoms.